The van der Waals surface area contributed by atoms with Crippen LogP contribution in [0.15, 0.2) is 18.2 Å². The Labute approximate surface area is 109 Å². The largest absolute Gasteiger partial charge is 0.397 e. The molecule has 1 aliphatic rings. The first-order chi connectivity index (χ1) is 8.78. The molecule has 1 heterocycles. The van der Waals surface area contributed by atoms with E-state index >= 15 is 0 Å². The van der Waals surface area contributed by atoms with Gasteiger partial charge in [0.1, 0.15) is 11.5 Å². The van der Waals surface area contributed by atoms with E-state index in [0.717, 1.165) is 11.0 Å². The van der Waals surface area contributed by atoms with Crippen LogP contribution in [0.3, 0.4) is 0 Å². The summed E-state index contributed by atoms with van der Waals surface area (Å²) in [5, 5.41) is 0. The third kappa shape index (κ3) is 3.01. The first-order valence-corrected chi connectivity index (χ1v) is 7.10. The van der Waals surface area contributed by atoms with Gasteiger partial charge in [-0.3, -0.25) is 4.79 Å². The Morgan fingerprint density at radius 1 is 1.42 bits per heavy atom. The zero-order valence-electron chi connectivity index (χ0n) is 9.84. The van der Waals surface area contributed by atoms with E-state index in [1.807, 2.05) is 0 Å². The number of rotatable bonds is 3. The van der Waals surface area contributed by atoms with E-state index in [-0.39, 0.29) is 24.3 Å². The van der Waals surface area contributed by atoms with Crippen molar-refractivity contribution in [3.8, 4) is 0 Å². The zero-order valence-corrected chi connectivity index (χ0v) is 10.7. The Morgan fingerprint density at radius 2 is 2.11 bits per heavy atom. The van der Waals surface area contributed by atoms with Gasteiger partial charge in [-0.2, -0.15) is 8.42 Å². The van der Waals surface area contributed by atoms with Crippen LogP contribution in [0.25, 0.3) is 0 Å². The summed E-state index contributed by atoms with van der Waals surface area (Å²) in [7, 11) is -4.66. The maximum atomic E-state index is 13.7. The molecule has 1 amide bonds. The SMILES string of the molecule is Nc1cccc(F)c1N1CC(CS(=O)(=O)F)CC1=O. The average Bonchev–Trinajstić information content (AvgIpc) is 2.56. The van der Waals surface area contributed by atoms with Gasteiger partial charge in [0.05, 0.1) is 11.4 Å². The van der Waals surface area contributed by atoms with Gasteiger partial charge in [0.15, 0.2) is 0 Å². The molecule has 1 aromatic carbocycles. The highest BCUT2D eigenvalue weighted by Gasteiger charge is 2.35. The highest BCUT2D eigenvalue weighted by atomic mass is 32.3. The molecule has 0 spiro atoms. The van der Waals surface area contributed by atoms with Crippen molar-refractivity contribution in [2.75, 3.05) is 22.9 Å². The highest BCUT2D eigenvalue weighted by molar-refractivity contribution is 7.86. The van der Waals surface area contributed by atoms with Gasteiger partial charge in [0, 0.05) is 18.9 Å². The van der Waals surface area contributed by atoms with Crippen molar-refractivity contribution in [3.05, 3.63) is 24.0 Å². The van der Waals surface area contributed by atoms with Crippen LogP contribution in [0.4, 0.5) is 19.7 Å². The summed E-state index contributed by atoms with van der Waals surface area (Å²) in [6.07, 6.45) is -0.142. The maximum absolute atomic E-state index is 13.7. The number of hydrogen-bond donors (Lipinski definition) is 1. The molecule has 1 fully saturated rings. The summed E-state index contributed by atoms with van der Waals surface area (Å²) in [5.41, 5.74) is 5.61. The molecule has 0 aliphatic carbocycles. The predicted octanol–water partition coefficient (Wildman–Crippen LogP) is 1.06. The summed E-state index contributed by atoms with van der Waals surface area (Å²) in [5.74, 6) is -2.58. The Balaban J connectivity index is 2.26. The molecular formula is C11H12F2N2O3S. The van der Waals surface area contributed by atoms with Crippen molar-refractivity contribution in [3.63, 3.8) is 0 Å². The highest BCUT2D eigenvalue weighted by Crippen LogP contribution is 2.32. The number of para-hydroxylation sites is 1. The average molecular weight is 290 g/mol. The number of carbonyl (C=O) groups excluding carboxylic acids is 1. The van der Waals surface area contributed by atoms with Crippen molar-refractivity contribution < 1.29 is 21.5 Å². The van der Waals surface area contributed by atoms with Gasteiger partial charge in [-0.25, -0.2) is 4.39 Å². The molecule has 5 nitrogen and oxygen atoms in total. The van der Waals surface area contributed by atoms with Gasteiger partial charge in [0.2, 0.25) is 5.91 Å². The lowest BCUT2D eigenvalue weighted by Crippen LogP contribution is -2.27. The van der Waals surface area contributed by atoms with Crippen LogP contribution < -0.4 is 10.6 Å². The molecule has 1 aliphatic heterocycles. The molecular weight excluding hydrogens is 278 g/mol. The number of nitrogens with two attached hydrogens (primary N) is 1. The zero-order chi connectivity index (χ0) is 14.2. The van der Waals surface area contributed by atoms with Crippen LogP contribution >= 0.6 is 0 Å². The fraction of sp³-hybridized carbons (Fsp3) is 0.364. The lowest BCUT2D eigenvalue weighted by Gasteiger charge is -2.19. The van der Waals surface area contributed by atoms with E-state index < -0.39 is 33.6 Å². The number of benzene rings is 1. The Bertz CT molecular complexity index is 598. The third-order valence-corrected chi connectivity index (χ3v) is 3.80. The second-order valence-electron chi connectivity index (χ2n) is 4.46. The Morgan fingerprint density at radius 3 is 2.68 bits per heavy atom. The fourth-order valence-corrected chi connectivity index (χ4v) is 2.99. The van der Waals surface area contributed by atoms with Gasteiger partial charge in [-0.05, 0) is 12.1 Å². The van der Waals surface area contributed by atoms with Gasteiger partial charge >= 0.3 is 10.2 Å². The molecule has 0 aromatic heterocycles. The number of nitrogen functional groups attached to an aromatic ring is 1. The van der Waals surface area contributed by atoms with Gasteiger partial charge in [-0.15, -0.1) is 3.89 Å². The second-order valence-corrected chi connectivity index (χ2v) is 5.87. The molecule has 1 atom stereocenters. The smallest absolute Gasteiger partial charge is 0.302 e. The van der Waals surface area contributed by atoms with Gasteiger partial charge in [-0.1, -0.05) is 6.07 Å². The summed E-state index contributed by atoms with van der Waals surface area (Å²) in [4.78, 5) is 12.8. The van der Waals surface area contributed by atoms with Gasteiger partial charge in [0.25, 0.3) is 0 Å². The number of hydrogen-bond acceptors (Lipinski definition) is 4. The molecule has 1 saturated heterocycles. The maximum Gasteiger partial charge on any atom is 0.302 e. The summed E-state index contributed by atoms with van der Waals surface area (Å²) < 4.78 is 47.4. The normalized spacial score (nSPS) is 20.0. The third-order valence-electron chi connectivity index (χ3n) is 2.93. The van der Waals surface area contributed by atoms with Crippen molar-refractivity contribution in [2.24, 2.45) is 5.92 Å². The monoisotopic (exact) mass is 290 g/mol. The Kier molecular flexibility index (Phi) is 3.44. The van der Waals surface area contributed by atoms with E-state index in [4.69, 9.17) is 5.73 Å². The lowest BCUT2D eigenvalue weighted by atomic mass is 10.1. The Hall–Kier alpha value is -1.70. The summed E-state index contributed by atoms with van der Waals surface area (Å²) in [6, 6.07) is 3.99. The summed E-state index contributed by atoms with van der Waals surface area (Å²) >= 11 is 0. The number of amides is 1. The number of halogens is 2. The molecule has 0 radical (unpaired) electrons. The van der Waals surface area contributed by atoms with E-state index in [2.05, 4.69) is 0 Å². The molecule has 0 bridgehead atoms. The van der Waals surface area contributed by atoms with Crippen LogP contribution in [-0.4, -0.2) is 26.6 Å². The molecule has 2 rings (SSSR count). The number of anilines is 2. The van der Waals surface area contributed by atoms with Crippen molar-refractivity contribution in [2.45, 2.75) is 6.42 Å². The minimum atomic E-state index is -4.66. The molecule has 0 saturated carbocycles. The lowest BCUT2D eigenvalue weighted by molar-refractivity contribution is -0.117. The van der Waals surface area contributed by atoms with Gasteiger partial charge < -0.3 is 10.6 Å². The van der Waals surface area contributed by atoms with Crippen molar-refractivity contribution in [1.29, 1.82) is 0 Å². The summed E-state index contributed by atoms with van der Waals surface area (Å²) in [6.45, 7) is -0.0624. The standard InChI is InChI=1S/C11H12F2N2O3S/c12-8-2-1-3-9(14)11(8)15-5-7(4-10(15)16)6-19(13,17)18/h1-3,7H,4-6,14H2. The first-order valence-electron chi connectivity index (χ1n) is 5.54. The van der Waals surface area contributed by atoms with E-state index in [9.17, 15) is 21.5 Å². The van der Waals surface area contributed by atoms with Crippen LogP contribution in [-0.2, 0) is 15.0 Å². The molecule has 104 valence electrons. The molecule has 8 heteroatoms. The second kappa shape index (κ2) is 4.76. The van der Waals surface area contributed by atoms with Crippen LogP contribution in [0.1, 0.15) is 6.42 Å². The van der Waals surface area contributed by atoms with E-state index in [1.54, 1.807) is 0 Å². The number of nitrogens with zero attached hydrogens (tertiary/aromatic N) is 1. The quantitative estimate of drug-likeness (QED) is 0.666. The van der Waals surface area contributed by atoms with Crippen LogP contribution in [0.5, 0.6) is 0 Å². The first kappa shape index (κ1) is 13.7. The minimum Gasteiger partial charge on any atom is -0.397 e. The van der Waals surface area contributed by atoms with E-state index in [0.29, 0.717) is 0 Å². The molecule has 2 N–H and O–H groups in total. The minimum absolute atomic E-state index is 0.0624. The topological polar surface area (TPSA) is 80.5 Å². The fourth-order valence-electron chi connectivity index (χ4n) is 2.21. The van der Waals surface area contributed by atoms with Crippen LogP contribution in [0, 0.1) is 11.7 Å². The molecule has 19 heavy (non-hydrogen) atoms. The van der Waals surface area contributed by atoms with Crippen LogP contribution in [0.2, 0.25) is 0 Å². The van der Waals surface area contributed by atoms with Crippen molar-refractivity contribution >= 4 is 27.5 Å². The van der Waals surface area contributed by atoms with E-state index in [1.165, 1.54) is 12.1 Å². The number of carbonyl (C=O) groups is 1. The van der Waals surface area contributed by atoms with Crippen molar-refractivity contribution in [1.82, 2.24) is 0 Å². The molecule has 1 aromatic rings. The predicted molar refractivity (Wildman–Crippen MR) is 66.2 cm³/mol. The molecule has 1 unspecified atom stereocenters.